The van der Waals surface area contributed by atoms with Crippen molar-refractivity contribution in [2.24, 2.45) is 5.73 Å². The Labute approximate surface area is 117 Å². The molecule has 1 saturated heterocycles. The molecule has 0 radical (unpaired) electrons. The first-order valence-corrected chi connectivity index (χ1v) is 6.50. The van der Waals surface area contributed by atoms with E-state index >= 15 is 0 Å². The van der Waals surface area contributed by atoms with Gasteiger partial charge in [0.15, 0.2) is 0 Å². The smallest absolute Gasteiger partial charge is 0.274 e. The Hall–Kier alpha value is -2.18. The summed E-state index contributed by atoms with van der Waals surface area (Å²) >= 11 is 0. The first-order valence-electron chi connectivity index (χ1n) is 6.50. The van der Waals surface area contributed by atoms with Crippen LogP contribution in [0, 0.1) is 5.41 Å². The largest absolute Gasteiger partial charge is 0.393 e. The topological polar surface area (TPSA) is 96.0 Å². The lowest BCUT2D eigenvalue weighted by Crippen LogP contribution is -2.71. The second-order valence-corrected chi connectivity index (χ2v) is 4.48. The van der Waals surface area contributed by atoms with E-state index in [1.807, 2.05) is 30.3 Å². The molecule has 6 heteroatoms. The third-order valence-corrected chi connectivity index (χ3v) is 3.06. The summed E-state index contributed by atoms with van der Waals surface area (Å²) in [4.78, 5) is 13.7. The van der Waals surface area contributed by atoms with Crippen LogP contribution in [0.25, 0.3) is 0 Å². The number of rotatable bonds is 4. The molecule has 1 aliphatic rings. The highest BCUT2D eigenvalue weighted by Crippen LogP contribution is 2.01. The number of hydrogen-bond donors (Lipinski definition) is 3. The number of carbonyl (C=O) groups excluding carboxylic acids is 1. The molecule has 6 nitrogen and oxygen atoms in total. The van der Waals surface area contributed by atoms with Crippen molar-refractivity contribution >= 4 is 17.3 Å². The van der Waals surface area contributed by atoms with Crippen LogP contribution in [0.3, 0.4) is 0 Å². The molecule has 5 N–H and O–H groups in total. The monoisotopic (exact) mass is 275 g/mol. The van der Waals surface area contributed by atoms with E-state index < -0.39 is 0 Å². The van der Waals surface area contributed by atoms with Crippen LogP contribution in [0.15, 0.2) is 42.2 Å². The Morgan fingerprint density at radius 1 is 1.30 bits per heavy atom. The molecule has 0 spiro atoms. The molecule has 0 atom stereocenters. The van der Waals surface area contributed by atoms with Crippen molar-refractivity contribution in [1.29, 1.82) is 5.41 Å². The Bertz CT molecular complexity index is 507. The molecule has 20 heavy (non-hydrogen) atoms. The van der Waals surface area contributed by atoms with E-state index in [2.05, 4.69) is 0 Å². The van der Waals surface area contributed by atoms with Gasteiger partial charge in [-0.1, -0.05) is 18.2 Å². The van der Waals surface area contributed by atoms with Gasteiger partial charge in [-0.3, -0.25) is 15.5 Å². The van der Waals surface area contributed by atoms with E-state index in [4.69, 9.17) is 15.9 Å². The molecule has 1 aromatic rings. The number of nitrogens with zero attached hydrogens (tertiary/aromatic N) is 1. The first-order chi connectivity index (χ1) is 9.68. The summed E-state index contributed by atoms with van der Waals surface area (Å²) in [5, 5.41) is 9.65. The summed E-state index contributed by atoms with van der Waals surface area (Å²) in [5.74, 6) is -0.344. The molecule has 0 bridgehead atoms. The fourth-order valence-electron chi connectivity index (χ4n) is 1.88. The minimum absolute atomic E-state index is 0.168. The zero-order chi connectivity index (χ0) is 14.4. The molecule has 0 aromatic heterocycles. The van der Waals surface area contributed by atoms with Gasteiger partial charge in [0.2, 0.25) is 0 Å². The lowest BCUT2D eigenvalue weighted by Gasteiger charge is -2.26. The SMILES string of the molecule is N=C(C(=O)N1CCOCC1)C(N)=C[NH2+]c1ccccc1. The molecule has 106 valence electrons. The van der Waals surface area contributed by atoms with E-state index in [0.29, 0.717) is 26.3 Å². The maximum Gasteiger partial charge on any atom is 0.274 e. The quantitative estimate of drug-likeness (QED) is 0.513. The normalized spacial score (nSPS) is 16.0. The fraction of sp³-hybridized carbons (Fsp3) is 0.286. The van der Waals surface area contributed by atoms with Crippen molar-refractivity contribution in [1.82, 2.24) is 4.90 Å². The van der Waals surface area contributed by atoms with Gasteiger partial charge in [0.05, 0.1) is 13.2 Å². The van der Waals surface area contributed by atoms with Crippen molar-refractivity contribution in [3.63, 3.8) is 0 Å². The minimum Gasteiger partial charge on any atom is -0.393 e. The van der Waals surface area contributed by atoms with Crippen molar-refractivity contribution in [3.8, 4) is 0 Å². The van der Waals surface area contributed by atoms with E-state index in [1.54, 1.807) is 16.4 Å². The van der Waals surface area contributed by atoms with Crippen LogP contribution in [0.5, 0.6) is 0 Å². The summed E-state index contributed by atoms with van der Waals surface area (Å²) in [7, 11) is 0. The van der Waals surface area contributed by atoms with Crippen LogP contribution >= 0.6 is 0 Å². The van der Waals surface area contributed by atoms with E-state index in [9.17, 15) is 4.79 Å². The maximum atomic E-state index is 12.1. The van der Waals surface area contributed by atoms with E-state index in [0.717, 1.165) is 5.69 Å². The Balaban J connectivity index is 1.95. The number of ether oxygens (including phenoxy) is 1. The van der Waals surface area contributed by atoms with Gasteiger partial charge in [0.25, 0.3) is 5.91 Å². The molecule has 0 unspecified atom stereocenters. The molecular formula is C14H19N4O2+. The van der Waals surface area contributed by atoms with E-state index in [-0.39, 0.29) is 17.3 Å². The molecule has 1 heterocycles. The molecular weight excluding hydrogens is 256 g/mol. The average molecular weight is 275 g/mol. The number of morpholine rings is 1. The van der Waals surface area contributed by atoms with Crippen LogP contribution in [0.2, 0.25) is 0 Å². The summed E-state index contributed by atoms with van der Waals surface area (Å²) in [6, 6.07) is 9.61. The Morgan fingerprint density at radius 3 is 2.60 bits per heavy atom. The fourth-order valence-corrected chi connectivity index (χ4v) is 1.88. The lowest BCUT2D eigenvalue weighted by molar-refractivity contribution is -0.497. The van der Waals surface area contributed by atoms with Gasteiger partial charge >= 0.3 is 0 Å². The summed E-state index contributed by atoms with van der Waals surface area (Å²) in [5.41, 5.74) is 6.78. The van der Waals surface area contributed by atoms with Gasteiger partial charge in [0.1, 0.15) is 23.3 Å². The zero-order valence-corrected chi connectivity index (χ0v) is 11.2. The van der Waals surface area contributed by atoms with Crippen molar-refractivity contribution in [2.45, 2.75) is 0 Å². The highest BCUT2D eigenvalue weighted by atomic mass is 16.5. The predicted octanol–water partition coefficient (Wildman–Crippen LogP) is -0.440. The Morgan fingerprint density at radius 2 is 1.95 bits per heavy atom. The molecule has 0 saturated carbocycles. The van der Waals surface area contributed by atoms with Gasteiger partial charge in [-0.15, -0.1) is 0 Å². The third kappa shape index (κ3) is 3.66. The van der Waals surface area contributed by atoms with E-state index in [1.165, 1.54) is 0 Å². The molecule has 2 rings (SSSR count). The molecule has 1 aliphatic heterocycles. The van der Waals surface area contributed by atoms with Gasteiger partial charge in [-0.05, 0) is 12.1 Å². The molecule has 1 fully saturated rings. The number of nitrogens with one attached hydrogen (secondary N) is 1. The van der Waals surface area contributed by atoms with Gasteiger partial charge in [-0.25, -0.2) is 0 Å². The first kappa shape index (κ1) is 14.2. The number of para-hydroxylation sites is 1. The predicted molar refractivity (Wildman–Crippen MR) is 75.4 cm³/mol. The molecule has 1 amide bonds. The second-order valence-electron chi connectivity index (χ2n) is 4.48. The standard InChI is InChI=1S/C14H18N4O2/c15-12(10-17-11-4-2-1-3-5-11)13(16)14(19)18-6-8-20-9-7-18/h1-5,10,16-17H,6-9,15H2/p+1. The molecule has 1 aromatic carbocycles. The van der Waals surface area contributed by atoms with Crippen LogP contribution in [0.4, 0.5) is 5.69 Å². The number of nitrogens with two attached hydrogens (primary N) is 2. The molecule has 0 aliphatic carbocycles. The minimum atomic E-state index is -0.344. The number of hydrogen-bond acceptors (Lipinski definition) is 4. The number of amides is 1. The third-order valence-electron chi connectivity index (χ3n) is 3.06. The highest BCUT2D eigenvalue weighted by molar-refractivity contribution is 6.43. The average Bonchev–Trinajstić information content (AvgIpc) is 2.53. The number of quaternary nitrogens is 1. The van der Waals surface area contributed by atoms with Gasteiger partial charge in [0, 0.05) is 13.1 Å². The van der Waals surface area contributed by atoms with Crippen LogP contribution in [-0.2, 0) is 9.53 Å². The number of carbonyl (C=O) groups is 1. The van der Waals surface area contributed by atoms with Crippen molar-refractivity contribution in [3.05, 3.63) is 42.2 Å². The zero-order valence-electron chi connectivity index (χ0n) is 11.2. The Kier molecular flexibility index (Phi) is 4.86. The van der Waals surface area contributed by atoms with Crippen molar-refractivity contribution in [2.75, 3.05) is 26.3 Å². The van der Waals surface area contributed by atoms with Crippen LogP contribution in [0.1, 0.15) is 0 Å². The van der Waals surface area contributed by atoms with Gasteiger partial charge in [-0.2, -0.15) is 0 Å². The van der Waals surface area contributed by atoms with Crippen LogP contribution < -0.4 is 11.1 Å². The van der Waals surface area contributed by atoms with Crippen LogP contribution in [-0.4, -0.2) is 42.8 Å². The second kappa shape index (κ2) is 6.83. The maximum absolute atomic E-state index is 12.1. The van der Waals surface area contributed by atoms with Gasteiger partial charge < -0.3 is 15.4 Å². The summed E-state index contributed by atoms with van der Waals surface area (Å²) in [6.07, 6.45) is 1.59. The van der Waals surface area contributed by atoms with Crippen molar-refractivity contribution < 1.29 is 14.8 Å². The summed E-state index contributed by atoms with van der Waals surface area (Å²) < 4.78 is 5.18. The summed E-state index contributed by atoms with van der Waals surface area (Å²) in [6.45, 7) is 2.05. The number of benzene rings is 1. The highest BCUT2D eigenvalue weighted by Gasteiger charge is 2.22. The lowest BCUT2D eigenvalue weighted by atomic mass is 10.2.